The molecule has 3 aromatic carbocycles. The van der Waals surface area contributed by atoms with E-state index >= 15 is 0 Å². The van der Waals surface area contributed by atoms with Crippen LogP contribution in [0.25, 0.3) is 22.6 Å². The first-order valence-corrected chi connectivity index (χ1v) is 9.79. The van der Waals surface area contributed by atoms with Gasteiger partial charge in [0.15, 0.2) is 23.7 Å². The van der Waals surface area contributed by atoms with E-state index in [0.29, 0.717) is 39.9 Å². The SMILES string of the molecule is COc1ccc(OCC(=O)Nc2ccc3oc(-c4ccc(OC)c(OC)c4)nc3c2)cc1. The van der Waals surface area contributed by atoms with Crippen LogP contribution in [0.15, 0.2) is 65.1 Å². The van der Waals surface area contributed by atoms with Gasteiger partial charge in [-0.25, -0.2) is 4.98 Å². The fourth-order valence-corrected chi connectivity index (χ4v) is 3.12. The highest BCUT2D eigenvalue weighted by atomic mass is 16.5. The maximum absolute atomic E-state index is 12.3. The van der Waals surface area contributed by atoms with Crippen molar-refractivity contribution < 1.29 is 28.2 Å². The molecule has 4 aromatic rings. The summed E-state index contributed by atoms with van der Waals surface area (Å²) < 4.78 is 27.1. The number of nitrogens with zero attached hydrogens (tertiary/aromatic N) is 1. The van der Waals surface area contributed by atoms with Crippen molar-refractivity contribution in [3.63, 3.8) is 0 Å². The van der Waals surface area contributed by atoms with E-state index in [1.54, 1.807) is 75.9 Å². The van der Waals surface area contributed by atoms with Gasteiger partial charge in [0.05, 0.1) is 21.3 Å². The summed E-state index contributed by atoms with van der Waals surface area (Å²) in [5.41, 5.74) is 2.55. The fourth-order valence-electron chi connectivity index (χ4n) is 3.12. The zero-order chi connectivity index (χ0) is 22.5. The van der Waals surface area contributed by atoms with Crippen LogP contribution in [0.1, 0.15) is 0 Å². The average Bonchev–Trinajstić information content (AvgIpc) is 3.26. The molecule has 0 saturated heterocycles. The van der Waals surface area contributed by atoms with E-state index in [1.165, 1.54) is 0 Å². The summed E-state index contributed by atoms with van der Waals surface area (Å²) in [6.45, 7) is -0.125. The summed E-state index contributed by atoms with van der Waals surface area (Å²) in [6.07, 6.45) is 0. The molecule has 0 aliphatic carbocycles. The monoisotopic (exact) mass is 434 g/mol. The van der Waals surface area contributed by atoms with Gasteiger partial charge in [0.2, 0.25) is 5.89 Å². The summed E-state index contributed by atoms with van der Waals surface area (Å²) in [7, 11) is 4.74. The van der Waals surface area contributed by atoms with Gasteiger partial charge in [-0.1, -0.05) is 0 Å². The molecule has 0 bridgehead atoms. The largest absolute Gasteiger partial charge is 0.497 e. The molecule has 164 valence electrons. The molecule has 0 radical (unpaired) electrons. The summed E-state index contributed by atoms with van der Waals surface area (Å²) in [5, 5.41) is 2.80. The van der Waals surface area contributed by atoms with Gasteiger partial charge in [0.25, 0.3) is 5.91 Å². The normalized spacial score (nSPS) is 10.6. The Kier molecular flexibility index (Phi) is 6.12. The second-order valence-corrected chi connectivity index (χ2v) is 6.78. The molecule has 0 aliphatic rings. The van der Waals surface area contributed by atoms with Gasteiger partial charge in [0.1, 0.15) is 17.0 Å². The third kappa shape index (κ3) is 4.59. The van der Waals surface area contributed by atoms with Crippen LogP contribution in [0.4, 0.5) is 5.69 Å². The van der Waals surface area contributed by atoms with Gasteiger partial charge in [-0.2, -0.15) is 0 Å². The highest BCUT2D eigenvalue weighted by molar-refractivity contribution is 5.94. The Labute approximate surface area is 184 Å². The summed E-state index contributed by atoms with van der Waals surface area (Å²) in [4.78, 5) is 16.8. The van der Waals surface area contributed by atoms with Crippen LogP contribution < -0.4 is 24.3 Å². The van der Waals surface area contributed by atoms with E-state index in [-0.39, 0.29) is 12.5 Å². The number of hydrogen-bond donors (Lipinski definition) is 1. The van der Waals surface area contributed by atoms with Crippen molar-refractivity contribution in [2.75, 3.05) is 33.3 Å². The predicted octanol–water partition coefficient (Wildman–Crippen LogP) is 4.54. The van der Waals surface area contributed by atoms with Crippen LogP contribution in [0, 0.1) is 0 Å². The van der Waals surface area contributed by atoms with Gasteiger partial charge in [-0.3, -0.25) is 4.79 Å². The second kappa shape index (κ2) is 9.30. The van der Waals surface area contributed by atoms with Crippen molar-refractivity contribution in [2.45, 2.75) is 0 Å². The lowest BCUT2D eigenvalue weighted by Gasteiger charge is -2.08. The number of fused-ring (bicyclic) bond motifs is 1. The lowest BCUT2D eigenvalue weighted by atomic mass is 10.2. The van der Waals surface area contributed by atoms with Crippen molar-refractivity contribution in [2.24, 2.45) is 0 Å². The molecule has 0 unspecified atom stereocenters. The zero-order valence-electron chi connectivity index (χ0n) is 17.9. The minimum atomic E-state index is -0.288. The quantitative estimate of drug-likeness (QED) is 0.435. The molecule has 0 atom stereocenters. The molecule has 8 nitrogen and oxygen atoms in total. The lowest BCUT2D eigenvalue weighted by molar-refractivity contribution is -0.118. The van der Waals surface area contributed by atoms with E-state index < -0.39 is 0 Å². The Bertz CT molecular complexity index is 1230. The number of nitrogens with one attached hydrogen (secondary N) is 1. The number of carbonyl (C=O) groups excluding carboxylic acids is 1. The molecule has 0 aliphatic heterocycles. The van der Waals surface area contributed by atoms with E-state index in [9.17, 15) is 4.79 Å². The molecule has 0 spiro atoms. The number of oxazole rings is 1. The topological polar surface area (TPSA) is 92.1 Å². The third-order valence-corrected chi connectivity index (χ3v) is 4.73. The van der Waals surface area contributed by atoms with Crippen LogP contribution in [-0.2, 0) is 4.79 Å². The van der Waals surface area contributed by atoms with Crippen molar-refractivity contribution in [1.29, 1.82) is 0 Å². The maximum atomic E-state index is 12.3. The van der Waals surface area contributed by atoms with Crippen molar-refractivity contribution in [1.82, 2.24) is 4.98 Å². The minimum absolute atomic E-state index is 0.125. The highest BCUT2D eigenvalue weighted by Crippen LogP contribution is 2.33. The molecular formula is C24H22N2O6. The van der Waals surface area contributed by atoms with E-state index in [0.717, 1.165) is 11.3 Å². The summed E-state index contributed by atoms with van der Waals surface area (Å²) >= 11 is 0. The van der Waals surface area contributed by atoms with Crippen LogP contribution in [0.5, 0.6) is 23.0 Å². The number of rotatable bonds is 8. The van der Waals surface area contributed by atoms with Crippen LogP contribution in [-0.4, -0.2) is 38.8 Å². The van der Waals surface area contributed by atoms with Crippen LogP contribution in [0.2, 0.25) is 0 Å². The number of aromatic nitrogens is 1. The first kappa shape index (κ1) is 21.0. The number of methoxy groups -OCH3 is 3. The van der Waals surface area contributed by atoms with Crippen molar-refractivity contribution in [3.05, 3.63) is 60.7 Å². The Morgan fingerprint density at radius 1 is 0.875 bits per heavy atom. The minimum Gasteiger partial charge on any atom is -0.497 e. The number of benzene rings is 3. The van der Waals surface area contributed by atoms with E-state index in [4.69, 9.17) is 23.4 Å². The molecule has 4 rings (SSSR count). The van der Waals surface area contributed by atoms with Gasteiger partial charge in [0, 0.05) is 11.3 Å². The molecular weight excluding hydrogens is 412 g/mol. The Morgan fingerprint density at radius 2 is 1.62 bits per heavy atom. The van der Waals surface area contributed by atoms with Gasteiger partial charge in [-0.05, 0) is 60.7 Å². The van der Waals surface area contributed by atoms with E-state index in [1.807, 2.05) is 6.07 Å². The summed E-state index contributed by atoms with van der Waals surface area (Å²) in [5.74, 6) is 2.64. The molecule has 32 heavy (non-hydrogen) atoms. The third-order valence-electron chi connectivity index (χ3n) is 4.73. The Balaban J connectivity index is 1.45. The van der Waals surface area contributed by atoms with Gasteiger partial charge >= 0.3 is 0 Å². The number of carbonyl (C=O) groups is 1. The number of hydrogen-bond acceptors (Lipinski definition) is 7. The standard InChI is InChI=1S/C24H22N2O6/c1-28-17-6-8-18(9-7-17)31-14-23(27)25-16-5-11-20-19(13-16)26-24(32-20)15-4-10-21(29-2)22(12-15)30-3/h4-13H,14H2,1-3H3,(H,25,27). The predicted molar refractivity (Wildman–Crippen MR) is 120 cm³/mol. The average molecular weight is 434 g/mol. The van der Waals surface area contributed by atoms with E-state index in [2.05, 4.69) is 10.3 Å². The van der Waals surface area contributed by atoms with Crippen molar-refractivity contribution >= 4 is 22.7 Å². The number of ether oxygens (including phenoxy) is 4. The molecule has 0 fully saturated rings. The molecule has 1 amide bonds. The first-order valence-electron chi connectivity index (χ1n) is 9.79. The highest BCUT2D eigenvalue weighted by Gasteiger charge is 2.13. The maximum Gasteiger partial charge on any atom is 0.262 e. The molecule has 8 heteroatoms. The van der Waals surface area contributed by atoms with Crippen LogP contribution in [0.3, 0.4) is 0 Å². The fraction of sp³-hybridized carbons (Fsp3) is 0.167. The molecule has 1 heterocycles. The second-order valence-electron chi connectivity index (χ2n) is 6.78. The van der Waals surface area contributed by atoms with Gasteiger partial charge < -0.3 is 28.7 Å². The lowest BCUT2D eigenvalue weighted by Crippen LogP contribution is -2.20. The zero-order valence-corrected chi connectivity index (χ0v) is 17.9. The summed E-state index contributed by atoms with van der Waals surface area (Å²) in [6, 6.07) is 17.7. The molecule has 0 saturated carbocycles. The van der Waals surface area contributed by atoms with Crippen LogP contribution >= 0.6 is 0 Å². The Morgan fingerprint density at radius 3 is 2.34 bits per heavy atom. The number of amides is 1. The van der Waals surface area contributed by atoms with Crippen molar-refractivity contribution in [3.8, 4) is 34.5 Å². The molecule has 1 N–H and O–H groups in total. The molecule has 1 aromatic heterocycles. The Hall–Kier alpha value is -4.20. The smallest absolute Gasteiger partial charge is 0.262 e. The first-order chi connectivity index (χ1) is 15.6. The van der Waals surface area contributed by atoms with Gasteiger partial charge in [-0.15, -0.1) is 0 Å². The number of anilines is 1.